The first-order chi connectivity index (χ1) is 9.79. The second-order valence-corrected chi connectivity index (χ2v) is 6.42. The maximum Gasteiger partial charge on any atom is 0.340 e. The Morgan fingerprint density at radius 1 is 0.900 bits per heavy atom. The number of hydrogen-bond acceptors (Lipinski definition) is 3. The molecule has 0 bridgehead atoms. The number of carbonyl (C=O) groups excluding carboxylic acids is 1. The normalized spacial score (nSPS) is 33.4. The van der Waals surface area contributed by atoms with Gasteiger partial charge in [-0.2, -0.15) is 0 Å². The van der Waals surface area contributed by atoms with Crippen LogP contribution in [0.3, 0.4) is 0 Å². The number of methoxy groups -OCH3 is 1. The van der Waals surface area contributed by atoms with Gasteiger partial charge >= 0.3 is 5.97 Å². The minimum absolute atomic E-state index is 0.125. The Hall–Kier alpha value is -0.570. The van der Waals surface area contributed by atoms with Gasteiger partial charge in [0.1, 0.15) is 0 Å². The van der Waals surface area contributed by atoms with Crippen LogP contribution >= 0.6 is 0 Å². The number of carbonyl (C=O) groups is 1. The van der Waals surface area contributed by atoms with Gasteiger partial charge in [0.15, 0.2) is 5.60 Å². The van der Waals surface area contributed by atoms with Crippen LogP contribution in [0.15, 0.2) is 0 Å². The van der Waals surface area contributed by atoms with E-state index < -0.39 is 5.60 Å². The summed E-state index contributed by atoms with van der Waals surface area (Å²) < 4.78 is 10.7. The highest BCUT2D eigenvalue weighted by molar-refractivity contribution is 5.83. The van der Waals surface area contributed by atoms with Crippen molar-refractivity contribution in [2.45, 2.75) is 95.2 Å². The molecule has 20 heavy (non-hydrogen) atoms. The zero-order valence-corrected chi connectivity index (χ0v) is 13.0. The van der Waals surface area contributed by atoms with Crippen LogP contribution in [0.5, 0.6) is 0 Å². The van der Waals surface area contributed by atoms with Gasteiger partial charge in [-0.25, -0.2) is 4.79 Å². The molecule has 3 nitrogen and oxygen atoms in total. The number of esters is 1. The van der Waals surface area contributed by atoms with Gasteiger partial charge in [-0.1, -0.05) is 64.2 Å². The lowest BCUT2D eigenvalue weighted by Gasteiger charge is -2.10. The molecule has 0 aromatic heterocycles. The monoisotopic (exact) mass is 282 g/mol. The van der Waals surface area contributed by atoms with Crippen molar-refractivity contribution in [2.75, 3.05) is 7.11 Å². The highest BCUT2D eigenvalue weighted by Gasteiger charge is 2.62. The molecule has 0 aromatic rings. The maximum absolute atomic E-state index is 12.0. The third-order valence-electron chi connectivity index (χ3n) is 4.86. The second-order valence-electron chi connectivity index (χ2n) is 6.42. The van der Waals surface area contributed by atoms with Crippen LogP contribution in [-0.2, 0) is 14.3 Å². The van der Waals surface area contributed by atoms with Crippen LogP contribution in [0.1, 0.15) is 83.5 Å². The molecule has 1 heterocycles. The summed E-state index contributed by atoms with van der Waals surface area (Å²) in [6.07, 6.45) is 16.3. The number of epoxide rings is 1. The van der Waals surface area contributed by atoms with Crippen LogP contribution in [-0.4, -0.2) is 24.8 Å². The lowest BCUT2D eigenvalue weighted by atomic mass is 9.94. The molecule has 0 radical (unpaired) electrons. The molecule has 3 heteroatoms. The highest BCUT2D eigenvalue weighted by atomic mass is 16.7. The van der Waals surface area contributed by atoms with Crippen molar-refractivity contribution in [2.24, 2.45) is 0 Å². The molecule has 116 valence electrons. The topological polar surface area (TPSA) is 38.8 Å². The third-order valence-corrected chi connectivity index (χ3v) is 4.86. The molecule has 2 fully saturated rings. The van der Waals surface area contributed by atoms with E-state index in [2.05, 4.69) is 0 Å². The van der Waals surface area contributed by atoms with Crippen LogP contribution < -0.4 is 0 Å². The molecule has 1 saturated carbocycles. The minimum Gasteiger partial charge on any atom is -0.467 e. The highest BCUT2D eigenvalue weighted by Crippen LogP contribution is 2.45. The zero-order valence-electron chi connectivity index (χ0n) is 13.0. The van der Waals surface area contributed by atoms with Crippen molar-refractivity contribution in [3.8, 4) is 0 Å². The average molecular weight is 282 g/mol. The second kappa shape index (κ2) is 8.02. The lowest BCUT2D eigenvalue weighted by Crippen LogP contribution is -2.29. The molecule has 2 unspecified atom stereocenters. The Labute approximate surface area is 123 Å². The summed E-state index contributed by atoms with van der Waals surface area (Å²) in [6.45, 7) is 0. The Morgan fingerprint density at radius 3 is 1.95 bits per heavy atom. The first-order valence-electron chi connectivity index (χ1n) is 8.56. The van der Waals surface area contributed by atoms with Crippen LogP contribution in [0.4, 0.5) is 0 Å². The van der Waals surface area contributed by atoms with Crippen molar-refractivity contribution in [3.05, 3.63) is 0 Å². The first kappa shape index (κ1) is 15.8. The van der Waals surface area contributed by atoms with Gasteiger partial charge < -0.3 is 9.47 Å². The van der Waals surface area contributed by atoms with Crippen molar-refractivity contribution in [1.82, 2.24) is 0 Å². The fourth-order valence-electron chi connectivity index (χ4n) is 3.49. The molecule has 2 rings (SSSR count). The van der Waals surface area contributed by atoms with Crippen LogP contribution in [0.2, 0.25) is 0 Å². The predicted molar refractivity (Wildman–Crippen MR) is 79.6 cm³/mol. The molecule has 0 N–H and O–H groups in total. The van der Waals surface area contributed by atoms with Gasteiger partial charge in [-0.15, -0.1) is 0 Å². The van der Waals surface area contributed by atoms with Crippen molar-refractivity contribution in [1.29, 1.82) is 0 Å². The quantitative estimate of drug-likeness (QED) is 0.529. The van der Waals surface area contributed by atoms with Crippen molar-refractivity contribution >= 4 is 5.97 Å². The smallest absolute Gasteiger partial charge is 0.340 e. The largest absolute Gasteiger partial charge is 0.467 e. The number of fused-ring (bicyclic) bond motifs is 1. The summed E-state index contributed by atoms with van der Waals surface area (Å²) in [7, 11) is 1.48. The SMILES string of the molecule is COC(=O)C12CCCCCCCCCCCCCC1O2. The van der Waals surface area contributed by atoms with E-state index in [4.69, 9.17) is 9.47 Å². The Kier molecular flexibility index (Phi) is 6.34. The van der Waals surface area contributed by atoms with E-state index in [0.29, 0.717) is 0 Å². The van der Waals surface area contributed by atoms with E-state index in [1.165, 1.54) is 71.3 Å². The Bertz CT molecular complexity index is 303. The molecular weight excluding hydrogens is 252 g/mol. The van der Waals surface area contributed by atoms with Crippen molar-refractivity contribution in [3.63, 3.8) is 0 Å². The van der Waals surface area contributed by atoms with E-state index in [1.807, 2.05) is 0 Å². The van der Waals surface area contributed by atoms with E-state index in [-0.39, 0.29) is 12.1 Å². The summed E-state index contributed by atoms with van der Waals surface area (Å²) in [5.41, 5.74) is -0.574. The van der Waals surface area contributed by atoms with Gasteiger partial charge in [0, 0.05) is 0 Å². The van der Waals surface area contributed by atoms with Crippen LogP contribution in [0.25, 0.3) is 0 Å². The summed E-state index contributed by atoms with van der Waals surface area (Å²) in [5.74, 6) is -0.146. The molecule has 0 amide bonds. The minimum atomic E-state index is -0.574. The van der Waals surface area contributed by atoms with Crippen LogP contribution in [0, 0.1) is 0 Å². The van der Waals surface area contributed by atoms with E-state index >= 15 is 0 Å². The molecule has 0 spiro atoms. The van der Waals surface area contributed by atoms with Gasteiger partial charge in [0.05, 0.1) is 13.2 Å². The van der Waals surface area contributed by atoms with Gasteiger partial charge in [0.2, 0.25) is 0 Å². The van der Waals surface area contributed by atoms with E-state index in [0.717, 1.165) is 19.3 Å². The standard InChI is InChI=1S/C17H30O3/c1-19-16(18)17-14-12-10-8-6-4-2-3-5-7-9-11-13-15(17)20-17/h15H,2-14H2,1H3. The fourth-order valence-corrected chi connectivity index (χ4v) is 3.49. The lowest BCUT2D eigenvalue weighted by molar-refractivity contribution is -0.147. The molecule has 1 aliphatic heterocycles. The third kappa shape index (κ3) is 4.21. The number of ether oxygens (including phenoxy) is 2. The van der Waals surface area contributed by atoms with Gasteiger partial charge in [0.25, 0.3) is 0 Å². The molecule has 0 aromatic carbocycles. The van der Waals surface area contributed by atoms with E-state index in [9.17, 15) is 4.79 Å². The Balaban J connectivity index is 1.83. The molecule has 1 aliphatic carbocycles. The first-order valence-corrected chi connectivity index (χ1v) is 8.56. The molecule has 2 atom stereocenters. The fraction of sp³-hybridized carbons (Fsp3) is 0.941. The summed E-state index contributed by atoms with van der Waals surface area (Å²) >= 11 is 0. The summed E-state index contributed by atoms with van der Waals surface area (Å²) in [6, 6.07) is 0. The molecule has 2 aliphatic rings. The molecular formula is C17H30O3. The van der Waals surface area contributed by atoms with Gasteiger partial charge in [-0.3, -0.25) is 0 Å². The number of rotatable bonds is 1. The summed E-state index contributed by atoms with van der Waals surface area (Å²) in [4.78, 5) is 12.0. The molecule has 1 saturated heterocycles. The summed E-state index contributed by atoms with van der Waals surface area (Å²) in [5, 5.41) is 0. The average Bonchev–Trinajstić information content (AvgIpc) is 3.16. The number of hydrogen-bond donors (Lipinski definition) is 0. The maximum atomic E-state index is 12.0. The zero-order chi connectivity index (χ0) is 14.3. The van der Waals surface area contributed by atoms with Crippen molar-refractivity contribution < 1.29 is 14.3 Å². The predicted octanol–water partition coefficient (Wildman–Crippen LogP) is 4.38. The Morgan fingerprint density at radius 2 is 1.40 bits per heavy atom. The van der Waals surface area contributed by atoms with E-state index in [1.54, 1.807) is 0 Å². The van der Waals surface area contributed by atoms with Gasteiger partial charge in [-0.05, 0) is 19.3 Å².